The monoisotopic (exact) mass is 252 g/mol. The summed E-state index contributed by atoms with van der Waals surface area (Å²) in [6.07, 6.45) is 2.02. The van der Waals surface area contributed by atoms with Gasteiger partial charge >= 0.3 is 0 Å². The fourth-order valence-corrected chi connectivity index (χ4v) is 3.02. The van der Waals surface area contributed by atoms with E-state index in [0.717, 1.165) is 0 Å². The van der Waals surface area contributed by atoms with Crippen LogP contribution in [0.15, 0.2) is 34.1 Å². The molecule has 90 valence electrons. The Morgan fingerprint density at radius 3 is 2.88 bits per heavy atom. The summed E-state index contributed by atoms with van der Waals surface area (Å²) in [6.45, 7) is 1.76. The fourth-order valence-electron chi connectivity index (χ4n) is 1.62. The van der Waals surface area contributed by atoms with Crippen LogP contribution in [-0.4, -0.2) is 24.1 Å². The Bertz CT molecular complexity index is 704. The van der Waals surface area contributed by atoms with Gasteiger partial charge in [-0.1, -0.05) is 6.92 Å². The highest BCUT2D eigenvalue weighted by Crippen LogP contribution is 2.12. The van der Waals surface area contributed by atoms with Crippen LogP contribution in [0.3, 0.4) is 0 Å². The van der Waals surface area contributed by atoms with Crippen LogP contribution in [0.5, 0.6) is 0 Å². The normalized spacial score (nSPS) is 11.8. The molecule has 17 heavy (non-hydrogen) atoms. The van der Waals surface area contributed by atoms with Crippen molar-refractivity contribution >= 4 is 20.9 Å². The van der Waals surface area contributed by atoms with Gasteiger partial charge in [-0.05, 0) is 24.6 Å². The highest BCUT2D eigenvalue weighted by molar-refractivity contribution is 7.91. The van der Waals surface area contributed by atoms with Crippen molar-refractivity contribution in [3.8, 4) is 0 Å². The topological polar surface area (TPSA) is 79.9 Å². The van der Waals surface area contributed by atoms with E-state index in [4.69, 9.17) is 0 Å². The van der Waals surface area contributed by atoms with Crippen molar-refractivity contribution in [1.82, 2.24) is 9.97 Å². The molecule has 0 fully saturated rings. The molecule has 2 rings (SSSR count). The number of rotatable bonds is 3. The first-order valence-electron chi connectivity index (χ1n) is 5.25. The number of hydrogen-bond donors (Lipinski definition) is 1. The second kappa shape index (κ2) is 4.29. The van der Waals surface area contributed by atoms with Crippen LogP contribution < -0.4 is 5.56 Å². The molecule has 0 radical (unpaired) electrons. The van der Waals surface area contributed by atoms with Crippen LogP contribution in [0.2, 0.25) is 0 Å². The number of pyridine rings is 2. The largest absolute Gasteiger partial charge is 0.305 e. The molecule has 2 aromatic rings. The Hall–Kier alpha value is -1.69. The smallest absolute Gasteiger partial charge is 0.268 e. The Morgan fingerprint density at radius 2 is 2.18 bits per heavy atom. The maximum Gasteiger partial charge on any atom is 0.268 e. The van der Waals surface area contributed by atoms with Crippen LogP contribution in [0.4, 0.5) is 0 Å². The summed E-state index contributed by atoms with van der Waals surface area (Å²) in [7, 11) is -3.50. The molecule has 0 bridgehead atoms. The maximum absolute atomic E-state index is 11.9. The van der Waals surface area contributed by atoms with Gasteiger partial charge < -0.3 is 4.98 Å². The third-order valence-electron chi connectivity index (χ3n) is 2.39. The molecule has 5 nitrogen and oxygen atoms in total. The van der Waals surface area contributed by atoms with E-state index in [2.05, 4.69) is 9.97 Å². The number of hydrogen-bond acceptors (Lipinski definition) is 4. The van der Waals surface area contributed by atoms with Gasteiger partial charge in [0.25, 0.3) is 5.56 Å². The molecule has 0 atom stereocenters. The van der Waals surface area contributed by atoms with Crippen molar-refractivity contribution in [3.05, 3.63) is 34.7 Å². The lowest BCUT2D eigenvalue weighted by molar-refractivity contribution is 0.593. The van der Waals surface area contributed by atoms with E-state index in [-0.39, 0.29) is 10.6 Å². The third-order valence-corrected chi connectivity index (χ3v) is 4.31. The standard InChI is InChI=1S/C11H12N2O3S/c1-2-6-17(15,16)9-7-8-4-3-5-12-10(8)13-11(9)14/h3-5,7H,2,6H2,1H3,(H,12,13,14). The first-order chi connectivity index (χ1) is 8.04. The number of H-pyrrole nitrogens is 1. The van der Waals surface area contributed by atoms with Gasteiger partial charge in [-0.25, -0.2) is 13.4 Å². The molecule has 0 aliphatic carbocycles. The average Bonchev–Trinajstić information content (AvgIpc) is 2.27. The SMILES string of the molecule is CCCS(=O)(=O)c1cc2cccnc2[nH]c1=O. The quantitative estimate of drug-likeness (QED) is 0.887. The summed E-state index contributed by atoms with van der Waals surface area (Å²) < 4.78 is 23.7. The molecule has 0 aliphatic rings. The van der Waals surface area contributed by atoms with E-state index >= 15 is 0 Å². The predicted octanol–water partition coefficient (Wildman–Crippen LogP) is 1.11. The second-order valence-corrected chi connectivity index (χ2v) is 5.80. The summed E-state index contributed by atoms with van der Waals surface area (Å²) in [5.74, 6) is -0.0259. The van der Waals surface area contributed by atoms with E-state index in [1.165, 1.54) is 6.07 Å². The maximum atomic E-state index is 11.9. The molecular weight excluding hydrogens is 240 g/mol. The number of fused-ring (bicyclic) bond motifs is 1. The lowest BCUT2D eigenvalue weighted by Crippen LogP contribution is -2.19. The number of aromatic amines is 1. The molecule has 0 aliphatic heterocycles. The zero-order valence-corrected chi connectivity index (χ0v) is 10.1. The first-order valence-corrected chi connectivity index (χ1v) is 6.90. The zero-order chi connectivity index (χ0) is 12.5. The van der Waals surface area contributed by atoms with Crippen LogP contribution in [-0.2, 0) is 9.84 Å². The lowest BCUT2D eigenvalue weighted by Gasteiger charge is -2.03. The molecule has 6 heteroatoms. The predicted molar refractivity (Wildman–Crippen MR) is 64.7 cm³/mol. The van der Waals surface area contributed by atoms with Gasteiger partial charge in [-0.3, -0.25) is 4.79 Å². The Balaban J connectivity index is 2.71. The number of sulfone groups is 1. The van der Waals surface area contributed by atoms with Gasteiger partial charge in [0.05, 0.1) is 5.75 Å². The van der Waals surface area contributed by atoms with Crippen molar-refractivity contribution in [1.29, 1.82) is 0 Å². The Morgan fingerprint density at radius 1 is 1.41 bits per heavy atom. The molecule has 0 spiro atoms. The van der Waals surface area contributed by atoms with Gasteiger partial charge in [0.1, 0.15) is 10.5 Å². The fraction of sp³-hybridized carbons (Fsp3) is 0.273. The van der Waals surface area contributed by atoms with E-state index in [9.17, 15) is 13.2 Å². The van der Waals surface area contributed by atoms with Crippen LogP contribution >= 0.6 is 0 Å². The van der Waals surface area contributed by atoms with Crippen LogP contribution in [0, 0.1) is 0 Å². The second-order valence-electron chi connectivity index (χ2n) is 3.72. The van der Waals surface area contributed by atoms with Gasteiger partial charge in [0.2, 0.25) is 0 Å². The minimum absolute atomic E-state index is 0.0259. The van der Waals surface area contributed by atoms with E-state index in [0.29, 0.717) is 17.5 Å². The van der Waals surface area contributed by atoms with Gasteiger partial charge in [-0.15, -0.1) is 0 Å². The van der Waals surface area contributed by atoms with Crippen molar-refractivity contribution in [2.24, 2.45) is 0 Å². The highest BCUT2D eigenvalue weighted by atomic mass is 32.2. The number of nitrogens with one attached hydrogen (secondary N) is 1. The van der Waals surface area contributed by atoms with Crippen LogP contribution in [0.25, 0.3) is 11.0 Å². The summed E-state index contributed by atoms with van der Waals surface area (Å²) in [5.41, 5.74) is -0.211. The van der Waals surface area contributed by atoms with Crippen molar-refractivity contribution in [3.63, 3.8) is 0 Å². The van der Waals surface area contributed by atoms with Crippen molar-refractivity contribution in [2.75, 3.05) is 5.75 Å². The summed E-state index contributed by atoms with van der Waals surface area (Å²) in [4.78, 5) is 17.9. The summed E-state index contributed by atoms with van der Waals surface area (Å²) >= 11 is 0. The Kier molecular flexibility index (Phi) is 2.97. The molecule has 2 heterocycles. The number of aromatic nitrogens is 2. The van der Waals surface area contributed by atoms with Crippen molar-refractivity contribution in [2.45, 2.75) is 18.2 Å². The molecule has 0 saturated carbocycles. The average molecular weight is 252 g/mol. The van der Waals surface area contributed by atoms with E-state index in [1.807, 2.05) is 0 Å². The molecule has 0 saturated heterocycles. The molecule has 0 unspecified atom stereocenters. The van der Waals surface area contributed by atoms with Gasteiger partial charge in [-0.2, -0.15) is 0 Å². The summed E-state index contributed by atoms with van der Waals surface area (Å²) in [5, 5.41) is 0.613. The molecule has 1 N–H and O–H groups in total. The van der Waals surface area contributed by atoms with Crippen molar-refractivity contribution < 1.29 is 8.42 Å². The van der Waals surface area contributed by atoms with Gasteiger partial charge in [0.15, 0.2) is 9.84 Å². The number of nitrogens with zero attached hydrogens (tertiary/aromatic N) is 1. The zero-order valence-electron chi connectivity index (χ0n) is 9.30. The van der Waals surface area contributed by atoms with E-state index < -0.39 is 15.4 Å². The lowest BCUT2D eigenvalue weighted by atomic mass is 10.3. The molecule has 0 amide bonds. The third kappa shape index (κ3) is 2.21. The van der Waals surface area contributed by atoms with Crippen LogP contribution in [0.1, 0.15) is 13.3 Å². The summed E-state index contributed by atoms with van der Waals surface area (Å²) in [6, 6.07) is 4.78. The minimum Gasteiger partial charge on any atom is -0.305 e. The Labute approximate surface area is 98.4 Å². The minimum atomic E-state index is -3.50. The highest BCUT2D eigenvalue weighted by Gasteiger charge is 2.18. The van der Waals surface area contributed by atoms with E-state index in [1.54, 1.807) is 25.3 Å². The molecule has 0 aromatic carbocycles. The van der Waals surface area contributed by atoms with Gasteiger partial charge in [0, 0.05) is 11.6 Å². The molecule has 2 aromatic heterocycles. The first kappa shape index (κ1) is 11.8. The molecular formula is C11H12N2O3S.